The van der Waals surface area contributed by atoms with Crippen LogP contribution in [0.25, 0.3) is 28.0 Å². The molecule has 0 radical (unpaired) electrons. The van der Waals surface area contributed by atoms with Gasteiger partial charge in [-0.15, -0.1) is 0 Å². The first-order valence-corrected chi connectivity index (χ1v) is 9.18. The summed E-state index contributed by atoms with van der Waals surface area (Å²) in [7, 11) is 1.43. The number of nitrogens with zero attached hydrogens (tertiary/aromatic N) is 2. The van der Waals surface area contributed by atoms with Gasteiger partial charge in [-0.2, -0.15) is 13.2 Å². The van der Waals surface area contributed by atoms with E-state index in [1.165, 1.54) is 11.7 Å². The maximum atomic E-state index is 13.9. The van der Waals surface area contributed by atoms with E-state index in [2.05, 4.69) is 9.97 Å². The van der Waals surface area contributed by atoms with Gasteiger partial charge in [0, 0.05) is 5.56 Å². The van der Waals surface area contributed by atoms with E-state index in [0.717, 1.165) is 6.07 Å². The Bertz CT molecular complexity index is 1360. The Morgan fingerprint density at radius 1 is 1.07 bits per heavy atom. The SMILES string of the molecule is COc1ccccc1-n1c(=S)[nH]c(=O)c2c(C(F)(F)F)cc(-c3ccccc3)nc21. The zero-order valence-electron chi connectivity index (χ0n) is 15.5. The second kappa shape index (κ2) is 7.42. The Hall–Kier alpha value is -3.46. The number of halogens is 3. The number of hydrogen-bond donors (Lipinski definition) is 1. The first kappa shape index (κ1) is 19.8. The summed E-state index contributed by atoms with van der Waals surface area (Å²) in [5, 5.41) is -0.596. The maximum absolute atomic E-state index is 13.9. The Morgan fingerprint density at radius 2 is 1.73 bits per heavy atom. The van der Waals surface area contributed by atoms with Crippen molar-refractivity contribution in [2.45, 2.75) is 6.18 Å². The number of pyridine rings is 1. The molecule has 5 nitrogen and oxygen atoms in total. The molecule has 1 N–H and O–H groups in total. The summed E-state index contributed by atoms with van der Waals surface area (Å²) >= 11 is 5.28. The number of aromatic amines is 1. The van der Waals surface area contributed by atoms with Crippen molar-refractivity contribution >= 4 is 23.3 Å². The third kappa shape index (κ3) is 3.37. The number of alkyl halides is 3. The summed E-state index contributed by atoms with van der Waals surface area (Å²) < 4.78 is 48.3. The molecular weight excluding hydrogens is 415 g/mol. The first-order chi connectivity index (χ1) is 14.3. The van der Waals surface area contributed by atoms with Gasteiger partial charge in [0.15, 0.2) is 10.4 Å². The number of ether oxygens (including phenoxy) is 1. The van der Waals surface area contributed by atoms with E-state index in [9.17, 15) is 18.0 Å². The van der Waals surface area contributed by atoms with Gasteiger partial charge in [-0.05, 0) is 30.4 Å². The second-order valence-electron chi connectivity index (χ2n) is 6.38. The average Bonchev–Trinajstić information content (AvgIpc) is 2.73. The summed E-state index contributed by atoms with van der Waals surface area (Å²) in [4.78, 5) is 19.3. The number of rotatable bonds is 3. The van der Waals surface area contributed by atoms with Crippen molar-refractivity contribution in [1.29, 1.82) is 0 Å². The number of para-hydroxylation sites is 2. The van der Waals surface area contributed by atoms with Crippen LogP contribution in [-0.4, -0.2) is 21.6 Å². The van der Waals surface area contributed by atoms with Gasteiger partial charge in [0.25, 0.3) is 5.56 Å². The van der Waals surface area contributed by atoms with Crippen LogP contribution in [-0.2, 0) is 6.18 Å². The fourth-order valence-corrected chi connectivity index (χ4v) is 3.52. The van der Waals surface area contributed by atoms with Crippen molar-refractivity contribution in [3.8, 4) is 22.7 Å². The van der Waals surface area contributed by atoms with Gasteiger partial charge in [0.05, 0.1) is 29.4 Å². The number of aromatic nitrogens is 3. The highest BCUT2D eigenvalue weighted by Gasteiger charge is 2.35. The van der Waals surface area contributed by atoms with Crippen molar-refractivity contribution in [3.63, 3.8) is 0 Å². The summed E-state index contributed by atoms with van der Waals surface area (Å²) in [5.41, 5.74) is -1.35. The average molecular weight is 429 g/mol. The number of nitrogens with one attached hydrogen (secondary N) is 1. The van der Waals surface area contributed by atoms with Gasteiger partial charge < -0.3 is 4.74 Å². The molecule has 2 heterocycles. The summed E-state index contributed by atoms with van der Waals surface area (Å²) in [6.07, 6.45) is -4.78. The van der Waals surface area contributed by atoms with Crippen LogP contribution in [0.4, 0.5) is 13.2 Å². The molecule has 0 saturated heterocycles. The molecule has 0 atom stereocenters. The van der Waals surface area contributed by atoms with Crippen LogP contribution < -0.4 is 10.3 Å². The maximum Gasteiger partial charge on any atom is 0.417 e. The number of hydrogen-bond acceptors (Lipinski definition) is 4. The number of fused-ring (bicyclic) bond motifs is 1. The second-order valence-corrected chi connectivity index (χ2v) is 6.77. The largest absolute Gasteiger partial charge is 0.495 e. The topological polar surface area (TPSA) is 59.9 Å². The lowest BCUT2D eigenvalue weighted by molar-refractivity contribution is -0.136. The molecule has 2 aromatic heterocycles. The lowest BCUT2D eigenvalue weighted by Gasteiger charge is -2.17. The number of H-pyrrole nitrogens is 1. The van der Waals surface area contributed by atoms with Crippen molar-refractivity contribution < 1.29 is 17.9 Å². The van der Waals surface area contributed by atoms with Crippen LogP contribution in [0.3, 0.4) is 0 Å². The fourth-order valence-electron chi connectivity index (χ4n) is 3.25. The lowest BCUT2D eigenvalue weighted by atomic mass is 10.1. The molecule has 4 aromatic rings. The molecule has 0 saturated carbocycles. The molecule has 30 heavy (non-hydrogen) atoms. The minimum Gasteiger partial charge on any atom is -0.495 e. The molecule has 0 spiro atoms. The number of benzene rings is 2. The summed E-state index contributed by atoms with van der Waals surface area (Å²) in [6, 6.07) is 16.0. The van der Waals surface area contributed by atoms with Crippen LogP contribution in [0.15, 0.2) is 65.5 Å². The van der Waals surface area contributed by atoms with E-state index in [1.807, 2.05) is 0 Å². The van der Waals surface area contributed by atoms with Gasteiger partial charge in [-0.1, -0.05) is 42.5 Å². The molecule has 2 aromatic carbocycles. The molecule has 0 unspecified atom stereocenters. The van der Waals surface area contributed by atoms with Crippen molar-refractivity contribution in [2.75, 3.05) is 7.11 Å². The van der Waals surface area contributed by atoms with Crippen molar-refractivity contribution in [2.24, 2.45) is 0 Å². The summed E-state index contributed by atoms with van der Waals surface area (Å²) in [5.74, 6) is 0.363. The van der Waals surface area contributed by atoms with Gasteiger partial charge in [-0.25, -0.2) is 4.98 Å². The minimum atomic E-state index is -4.78. The standard InChI is InChI=1S/C21H14F3N3O2S/c1-29-16-10-6-5-9-15(16)27-18-17(19(28)26-20(27)30)13(21(22,23)24)11-14(25-18)12-7-3-2-4-8-12/h2-11H,1H3,(H,26,28,30). The van der Waals surface area contributed by atoms with Crippen LogP contribution in [0.2, 0.25) is 0 Å². The molecule has 0 aliphatic heterocycles. The number of methoxy groups -OCH3 is 1. The minimum absolute atomic E-state index is 0.0686. The fraction of sp³-hybridized carbons (Fsp3) is 0.0952. The molecule has 0 aliphatic rings. The van der Waals surface area contributed by atoms with E-state index in [0.29, 0.717) is 17.0 Å². The van der Waals surface area contributed by atoms with Crippen LogP contribution in [0.1, 0.15) is 5.56 Å². The molecule has 152 valence electrons. The zero-order chi connectivity index (χ0) is 21.5. The first-order valence-electron chi connectivity index (χ1n) is 8.77. The van der Waals surface area contributed by atoms with Gasteiger partial charge >= 0.3 is 6.18 Å². The van der Waals surface area contributed by atoms with E-state index in [4.69, 9.17) is 17.0 Å². The van der Waals surface area contributed by atoms with Gasteiger partial charge in [0.1, 0.15) is 5.75 Å². The third-order valence-corrected chi connectivity index (χ3v) is 4.85. The van der Waals surface area contributed by atoms with E-state index < -0.39 is 22.7 Å². The lowest BCUT2D eigenvalue weighted by Crippen LogP contribution is -2.20. The van der Waals surface area contributed by atoms with Crippen molar-refractivity contribution in [1.82, 2.24) is 14.5 Å². The van der Waals surface area contributed by atoms with Crippen LogP contribution >= 0.6 is 12.2 Å². The quantitative estimate of drug-likeness (QED) is 0.458. The third-order valence-electron chi connectivity index (χ3n) is 4.56. The molecule has 4 rings (SSSR count). The Kier molecular flexibility index (Phi) is 4.90. The molecular formula is C21H14F3N3O2S. The molecule has 0 bridgehead atoms. The highest BCUT2D eigenvalue weighted by Crippen LogP contribution is 2.36. The highest BCUT2D eigenvalue weighted by atomic mass is 32.1. The smallest absolute Gasteiger partial charge is 0.417 e. The predicted octanol–water partition coefficient (Wildman–Crippen LogP) is 5.14. The van der Waals surface area contributed by atoms with Crippen LogP contribution in [0.5, 0.6) is 5.75 Å². The summed E-state index contributed by atoms with van der Waals surface area (Å²) in [6.45, 7) is 0. The predicted molar refractivity (Wildman–Crippen MR) is 110 cm³/mol. The zero-order valence-corrected chi connectivity index (χ0v) is 16.3. The molecule has 0 aliphatic carbocycles. The monoisotopic (exact) mass is 429 g/mol. The normalized spacial score (nSPS) is 11.6. The van der Waals surface area contributed by atoms with E-state index in [1.54, 1.807) is 54.6 Å². The Balaban J connectivity index is 2.22. The van der Waals surface area contributed by atoms with Crippen molar-refractivity contribution in [3.05, 3.63) is 81.4 Å². The Labute approximate surface area is 173 Å². The van der Waals surface area contributed by atoms with E-state index in [-0.39, 0.29) is 16.1 Å². The molecule has 0 amide bonds. The molecule has 0 fully saturated rings. The van der Waals surface area contributed by atoms with Crippen LogP contribution in [0, 0.1) is 4.77 Å². The molecule has 9 heteroatoms. The van der Waals surface area contributed by atoms with Gasteiger partial charge in [0.2, 0.25) is 0 Å². The van der Waals surface area contributed by atoms with E-state index >= 15 is 0 Å². The Morgan fingerprint density at radius 3 is 2.40 bits per heavy atom. The van der Waals surface area contributed by atoms with Gasteiger partial charge in [-0.3, -0.25) is 14.3 Å². The highest BCUT2D eigenvalue weighted by molar-refractivity contribution is 7.71.